The molecule has 7 nitrogen and oxygen atoms in total. The summed E-state index contributed by atoms with van der Waals surface area (Å²) in [5, 5.41) is 4.10. The highest BCUT2D eigenvalue weighted by molar-refractivity contribution is 6.30. The maximum absolute atomic E-state index is 6.02. The maximum atomic E-state index is 6.02. The number of nitrogens with two attached hydrogens (primary N) is 1. The molecule has 3 aromatic heterocycles. The molecule has 5 rings (SSSR count). The summed E-state index contributed by atoms with van der Waals surface area (Å²) in [6.07, 6.45) is 9.26. The Bertz CT molecular complexity index is 1250. The van der Waals surface area contributed by atoms with Crippen LogP contribution in [-0.2, 0) is 6.54 Å². The fraction of sp³-hybridized carbons (Fsp3) is 0.250. The Morgan fingerprint density at radius 3 is 2.72 bits per heavy atom. The third-order valence-corrected chi connectivity index (χ3v) is 5.93. The first-order valence-electron chi connectivity index (χ1n) is 10.8. The van der Waals surface area contributed by atoms with Gasteiger partial charge in [-0.05, 0) is 55.5 Å². The second kappa shape index (κ2) is 9.06. The van der Waals surface area contributed by atoms with Crippen molar-refractivity contribution in [1.82, 2.24) is 19.4 Å². The van der Waals surface area contributed by atoms with Crippen LogP contribution in [0.1, 0.15) is 31.2 Å². The zero-order chi connectivity index (χ0) is 21.9. The van der Waals surface area contributed by atoms with E-state index in [1.165, 1.54) is 0 Å². The van der Waals surface area contributed by atoms with Crippen molar-refractivity contribution in [2.45, 2.75) is 38.3 Å². The van der Waals surface area contributed by atoms with E-state index in [4.69, 9.17) is 27.3 Å². The van der Waals surface area contributed by atoms with Gasteiger partial charge in [-0.15, -0.1) is 0 Å². The number of fused-ring (bicyclic) bond motifs is 1. The van der Waals surface area contributed by atoms with E-state index in [9.17, 15) is 0 Å². The molecule has 0 unspecified atom stereocenters. The average molecular weight is 446 g/mol. The van der Waals surface area contributed by atoms with Gasteiger partial charge >= 0.3 is 0 Å². The third-order valence-electron chi connectivity index (χ3n) is 5.68. The van der Waals surface area contributed by atoms with Crippen molar-refractivity contribution in [3.63, 3.8) is 0 Å². The SMILES string of the molecule is NC1CCC(=Nc2nccn3c(-c4cccc(NCc5ccc(Cl)cc5)n4)cnc23)CC1. The highest BCUT2D eigenvalue weighted by Gasteiger charge is 2.16. The van der Waals surface area contributed by atoms with Crippen molar-refractivity contribution in [1.29, 1.82) is 0 Å². The summed E-state index contributed by atoms with van der Waals surface area (Å²) >= 11 is 5.97. The van der Waals surface area contributed by atoms with Crippen LogP contribution in [-0.4, -0.2) is 31.1 Å². The summed E-state index contributed by atoms with van der Waals surface area (Å²) in [5.74, 6) is 1.43. The van der Waals surface area contributed by atoms with E-state index in [0.717, 1.165) is 64.8 Å². The van der Waals surface area contributed by atoms with Crippen LogP contribution in [0.3, 0.4) is 0 Å². The second-order valence-corrected chi connectivity index (χ2v) is 8.43. The average Bonchev–Trinajstić information content (AvgIpc) is 3.26. The summed E-state index contributed by atoms with van der Waals surface area (Å²) in [7, 11) is 0. The number of benzene rings is 1. The molecule has 32 heavy (non-hydrogen) atoms. The molecule has 1 aromatic carbocycles. The molecule has 3 N–H and O–H groups in total. The molecule has 3 heterocycles. The molecule has 0 atom stereocenters. The zero-order valence-electron chi connectivity index (χ0n) is 17.6. The summed E-state index contributed by atoms with van der Waals surface area (Å²) in [4.78, 5) is 18.7. The topological polar surface area (TPSA) is 93.5 Å². The van der Waals surface area contributed by atoms with Gasteiger partial charge in [0.05, 0.1) is 17.6 Å². The van der Waals surface area contributed by atoms with Crippen molar-refractivity contribution in [2.24, 2.45) is 10.7 Å². The molecule has 0 radical (unpaired) electrons. The molecule has 0 amide bonds. The standard InChI is InChI=1S/C24H24ClN7/c25-17-6-4-16(5-7-17)14-28-22-3-1-2-20(31-22)21-15-29-24-23(27-12-13-32(21)24)30-19-10-8-18(26)9-11-19/h1-7,12-13,15,18H,8-11,14,26H2,(H,28,31). The molecule has 162 valence electrons. The smallest absolute Gasteiger partial charge is 0.196 e. The minimum absolute atomic E-state index is 0.280. The van der Waals surface area contributed by atoms with Gasteiger partial charge in [-0.25, -0.2) is 19.9 Å². The lowest BCUT2D eigenvalue weighted by atomic mass is 9.94. The van der Waals surface area contributed by atoms with Crippen molar-refractivity contribution in [3.05, 3.63) is 71.6 Å². The quantitative estimate of drug-likeness (QED) is 0.449. The van der Waals surface area contributed by atoms with Crippen LogP contribution in [0.15, 0.2) is 66.0 Å². The van der Waals surface area contributed by atoms with Gasteiger partial charge in [0, 0.05) is 35.7 Å². The summed E-state index contributed by atoms with van der Waals surface area (Å²) in [6.45, 7) is 0.663. The van der Waals surface area contributed by atoms with Crippen LogP contribution in [0, 0.1) is 0 Å². The van der Waals surface area contributed by atoms with Gasteiger partial charge in [0.15, 0.2) is 11.5 Å². The molecule has 8 heteroatoms. The van der Waals surface area contributed by atoms with Gasteiger partial charge in [0.25, 0.3) is 0 Å². The number of nitrogens with one attached hydrogen (secondary N) is 1. The fourth-order valence-electron chi connectivity index (χ4n) is 3.88. The second-order valence-electron chi connectivity index (χ2n) is 7.99. The van der Waals surface area contributed by atoms with Gasteiger partial charge in [0.1, 0.15) is 5.82 Å². The van der Waals surface area contributed by atoms with E-state index in [2.05, 4.69) is 15.3 Å². The predicted molar refractivity (Wildman–Crippen MR) is 129 cm³/mol. The maximum Gasteiger partial charge on any atom is 0.196 e. The Morgan fingerprint density at radius 1 is 1.09 bits per heavy atom. The number of rotatable bonds is 5. The molecule has 0 aliphatic heterocycles. The summed E-state index contributed by atoms with van der Waals surface area (Å²) < 4.78 is 1.99. The minimum atomic E-state index is 0.280. The van der Waals surface area contributed by atoms with Crippen LogP contribution in [0.25, 0.3) is 17.0 Å². The molecular weight excluding hydrogens is 422 g/mol. The molecule has 1 fully saturated rings. The Labute approximate surface area is 191 Å². The number of hydrogen-bond acceptors (Lipinski definition) is 6. The molecule has 1 aliphatic carbocycles. The van der Waals surface area contributed by atoms with E-state index in [-0.39, 0.29) is 6.04 Å². The van der Waals surface area contributed by atoms with Crippen molar-refractivity contribution < 1.29 is 0 Å². The lowest BCUT2D eigenvalue weighted by Crippen LogP contribution is -2.26. The van der Waals surface area contributed by atoms with Crippen molar-refractivity contribution in [3.8, 4) is 11.4 Å². The van der Waals surface area contributed by atoms with Crippen LogP contribution < -0.4 is 11.1 Å². The van der Waals surface area contributed by atoms with Gasteiger partial charge < -0.3 is 11.1 Å². The van der Waals surface area contributed by atoms with Crippen LogP contribution >= 0.6 is 11.6 Å². The van der Waals surface area contributed by atoms with Gasteiger partial charge in [-0.3, -0.25) is 4.40 Å². The predicted octanol–water partition coefficient (Wildman–Crippen LogP) is 5.03. The van der Waals surface area contributed by atoms with E-state index in [1.54, 1.807) is 6.20 Å². The fourth-order valence-corrected chi connectivity index (χ4v) is 4.01. The largest absolute Gasteiger partial charge is 0.366 e. The monoisotopic (exact) mass is 445 g/mol. The highest BCUT2D eigenvalue weighted by Crippen LogP contribution is 2.26. The van der Waals surface area contributed by atoms with E-state index < -0.39 is 0 Å². The van der Waals surface area contributed by atoms with Crippen molar-refractivity contribution in [2.75, 3.05) is 5.32 Å². The number of nitrogens with zero attached hydrogens (tertiary/aromatic N) is 5. The molecular formula is C24H24ClN7. The number of aliphatic imine (C=N–C) groups is 1. The van der Waals surface area contributed by atoms with Crippen LogP contribution in [0.2, 0.25) is 5.02 Å². The zero-order valence-corrected chi connectivity index (χ0v) is 18.3. The lowest BCUT2D eigenvalue weighted by Gasteiger charge is -2.18. The van der Waals surface area contributed by atoms with E-state index in [0.29, 0.717) is 12.4 Å². The van der Waals surface area contributed by atoms with Crippen LogP contribution in [0.4, 0.5) is 11.6 Å². The molecule has 1 aliphatic rings. The molecule has 1 saturated carbocycles. The Morgan fingerprint density at radius 2 is 1.91 bits per heavy atom. The number of halogens is 1. The van der Waals surface area contributed by atoms with E-state index >= 15 is 0 Å². The Balaban J connectivity index is 1.40. The normalized spacial score (nSPS) is 16.3. The molecule has 0 saturated heterocycles. The first-order valence-corrected chi connectivity index (χ1v) is 11.1. The molecule has 0 spiro atoms. The van der Waals surface area contributed by atoms with Gasteiger partial charge in [-0.1, -0.05) is 29.8 Å². The number of hydrogen-bond donors (Lipinski definition) is 2. The number of pyridine rings is 1. The number of anilines is 1. The van der Waals surface area contributed by atoms with Gasteiger partial charge in [0.2, 0.25) is 0 Å². The first kappa shape index (κ1) is 20.6. The summed E-state index contributed by atoms with van der Waals surface area (Å²) in [5.41, 5.74) is 10.7. The Kier molecular flexibility index (Phi) is 5.83. The molecule has 0 bridgehead atoms. The van der Waals surface area contributed by atoms with Gasteiger partial charge in [-0.2, -0.15) is 0 Å². The minimum Gasteiger partial charge on any atom is -0.366 e. The number of aromatic nitrogens is 4. The Hall–Kier alpha value is -3.29. The van der Waals surface area contributed by atoms with E-state index in [1.807, 2.05) is 59.3 Å². The highest BCUT2D eigenvalue weighted by atomic mass is 35.5. The van der Waals surface area contributed by atoms with Crippen molar-refractivity contribution >= 4 is 34.6 Å². The number of imidazole rings is 1. The lowest BCUT2D eigenvalue weighted by molar-refractivity contribution is 0.559. The first-order chi connectivity index (χ1) is 15.7. The molecule has 4 aromatic rings. The van der Waals surface area contributed by atoms with Crippen LogP contribution in [0.5, 0.6) is 0 Å². The summed E-state index contributed by atoms with van der Waals surface area (Å²) in [6, 6.07) is 14.0. The third kappa shape index (κ3) is 4.49.